The van der Waals surface area contributed by atoms with Crippen LogP contribution < -0.4 is 5.73 Å². The molecule has 0 saturated heterocycles. The van der Waals surface area contributed by atoms with E-state index in [1.165, 1.54) is 0 Å². The molecule has 0 unspecified atom stereocenters. The van der Waals surface area contributed by atoms with E-state index >= 15 is 0 Å². The fourth-order valence-corrected chi connectivity index (χ4v) is 1.72. The average Bonchev–Trinajstić information content (AvgIpc) is 2.52. The predicted molar refractivity (Wildman–Crippen MR) is 88.3 cm³/mol. The summed E-state index contributed by atoms with van der Waals surface area (Å²) in [7, 11) is 0. The molecule has 21 heavy (non-hydrogen) atoms. The summed E-state index contributed by atoms with van der Waals surface area (Å²) in [5.41, 5.74) is 6.72. The van der Waals surface area contributed by atoms with Gasteiger partial charge in [-0.15, -0.1) is 0 Å². The Hall–Kier alpha value is -2.77. The van der Waals surface area contributed by atoms with Gasteiger partial charge in [0, 0.05) is 11.1 Å². The minimum absolute atomic E-state index is 0.0394. The van der Waals surface area contributed by atoms with Gasteiger partial charge in [-0.2, -0.15) is 0 Å². The molecule has 0 aliphatic carbocycles. The Morgan fingerprint density at radius 3 is 2.14 bits per heavy atom. The maximum absolute atomic E-state index is 12.4. The summed E-state index contributed by atoms with van der Waals surface area (Å²) in [6, 6.07) is 18.1. The summed E-state index contributed by atoms with van der Waals surface area (Å²) in [5, 5.41) is -0.114. The van der Waals surface area contributed by atoms with Crippen LogP contribution in [0.5, 0.6) is 0 Å². The highest BCUT2D eigenvalue weighted by Gasteiger charge is 2.12. The van der Waals surface area contributed by atoms with E-state index in [0.29, 0.717) is 5.56 Å². The molecule has 2 aromatic rings. The Labute approximate surface area is 128 Å². The zero-order valence-electron chi connectivity index (χ0n) is 11.1. The number of thiocarbonyl (C=S) groups is 1. The van der Waals surface area contributed by atoms with E-state index in [0.717, 1.165) is 5.56 Å². The van der Waals surface area contributed by atoms with Crippen LogP contribution in [0, 0.1) is 11.8 Å². The van der Waals surface area contributed by atoms with Gasteiger partial charge in [0.1, 0.15) is 0 Å². The number of hydrogen-bond acceptors (Lipinski definition) is 2. The van der Waals surface area contributed by atoms with E-state index in [1.807, 2.05) is 36.4 Å². The number of hydrogen-bond donors (Lipinski definition) is 1. The van der Waals surface area contributed by atoms with Gasteiger partial charge in [-0.3, -0.25) is 4.79 Å². The lowest BCUT2D eigenvalue weighted by atomic mass is 10.1. The van der Waals surface area contributed by atoms with Crippen LogP contribution >= 0.6 is 12.2 Å². The largest absolute Gasteiger partial charge is 0.374 e. The number of rotatable bonds is 2. The molecule has 0 atom stereocenters. The first-order valence-electron chi connectivity index (χ1n) is 6.22. The van der Waals surface area contributed by atoms with Crippen molar-refractivity contribution in [2.75, 3.05) is 0 Å². The lowest BCUT2D eigenvalue weighted by Gasteiger charge is -1.99. The topological polar surface area (TPSA) is 55.4 Å². The quantitative estimate of drug-likeness (QED) is 0.400. The Morgan fingerprint density at radius 1 is 1.00 bits per heavy atom. The van der Waals surface area contributed by atoms with Crippen molar-refractivity contribution in [2.45, 2.75) is 0 Å². The van der Waals surface area contributed by atoms with Crippen molar-refractivity contribution in [3.63, 3.8) is 0 Å². The van der Waals surface area contributed by atoms with Crippen LogP contribution in [-0.2, 0) is 0 Å². The fourth-order valence-electron chi connectivity index (χ4n) is 1.62. The van der Waals surface area contributed by atoms with Gasteiger partial charge in [0.05, 0.1) is 0 Å². The van der Waals surface area contributed by atoms with Crippen LogP contribution in [0.15, 0.2) is 65.7 Å². The van der Waals surface area contributed by atoms with Gasteiger partial charge in [-0.1, -0.05) is 54.5 Å². The smallest absolute Gasteiger partial charge is 0.220 e. The van der Waals surface area contributed by atoms with Crippen molar-refractivity contribution in [1.29, 1.82) is 0 Å². The maximum atomic E-state index is 12.4. The second kappa shape index (κ2) is 7.13. The number of carbonyl (C=O) groups is 1. The molecule has 0 bridgehead atoms. The van der Waals surface area contributed by atoms with Crippen molar-refractivity contribution in [2.24, 2.45) is 10.7 Å². The molecule has 102 valence electrons. The van der Waals surface area contributed by atoms with E-state index in [4.69, 9.17) is 18.0 Å². The van der Waals surface area contributed by atoms with Gasteiger partial charge in [0.25, 0.3) is 0 Å². The minimum Gasteiger partial charge on any atom is -0.374 e. The van der Waals surface area contributed by atoms with Gasteiger partial charge in [0.2, 0.25) is 5.78 Å². The highest BCUT2D eigenvalue weighted by atomic mass is 32.1. The monoisotopic (exact) mass is 292 g/mol. The second-order valence-electron chi connectivity index (χ2n) is 4.11. The lowest BCUT2D eigenvalue weighted by molar-refractivity contribution is 0.106. The molecule has 0 amide bonds. The second-order valence-corrected chi connectivity index (χ2v) is 4.53. The molecular weight excluding hydrogens is 280 g/mol. The standard InChI is InChI=1S/C17H12N2OS/c18-17(21)19-15(12-11-13-7-3-1-4-8-13)16(20)14-9-5-2-6-10-14/h1-10H,(H2,18,21). The number of ketones is 1. The third-order valence-corrected chi connectivity index (χ3v) is 2.66. The molecule has 0 aliphatic heterocycles. The molecule has 2 rings (SSSR count). The molecular formula is C17H12N2OS. The third kappa shape index (κ3) is 4.37. The minimum atomic E-state index is -0.299. The van der Waals surface area contributed by atoms with Crippen LogP contribution in [0.1, 0.15) is 15.9 Å². The summed E-state index contributed by atoms with van der Waals surface area (Å²) in [4.78, 5) is 16.2. The molecule has 2 aromatic carbocycles. The van der Waals surface area contributed by atoms with Crippen LogP contribution in [-0.4, -0.2) is 16.6 Å². The zero-order valence-corrected chi connectivity index (χ0v) is 11.9. The van der Waals surface area contributed by atoms with Gasteiger partial charge in [0.15, 0.2) is 10.8 Å². The number of benzene rings is 2. The molecule has 0 spiro atoms. The Morgan fingerprint density at radius 2 is 1.57 bits per heavy atom. The lowest BCUT2D eigenvalue weighted by Crippen LogP contribution is -2.17. The van der Waals surface area contributed by atoms with Gasteiger partial charge >= 0.3 is 0 Å². The van der Waals surface area contributed by atoms with Crippen LogP contribution in [0.2, 0.25) is 0 Å². The van der Waals surface area contributed by atoms with Crippen molar-refractivity contribution in [3.05, 3.63) is 71.8 Å². The number of aliphatic imine (C=N–C) groups is 1. The molecule has 2 N–H and O–H groups in total. The highest BCUT2D eigenvalue weighted by Crippen LogP contribution is 2.02. The zero-order chi connectivity index (χ0) is 15.1. The van der Waals surface area contributed by atoms with Crippen LogP contribution in [0.25, 0.3) is 0 Å². The number of carbonyl (C=O) groups excluding carboxylic acids is 1. The summed E-state index contributed by atoms with van der Waals surface area (Å²) in [6.07, 6.45) is 0. The van der Waals surface area contributed by atoms with Crippen LogP contribution in [0.4, 0.5) is 0 Å². The van der Waals surface area contributed by atoms with E-state index in [2.05, 4.69) is 16.8 Å². The van der Waals surface area contributed by atoms with Crippen molar-refractivity contribution >= 4 is 28.8 Å². The Kier molecular flexibility index (Phi) is 4.97. The Bertz CT molecular complexity index is 741. The van der Waals surface area contributed by atoms with Crippen LogP contribution in [0.3, 0.4) is 0 Å². The van der Waals surface area contributed by atoms with E-state index in [1.54, 1.807) is 24.3 Å². The maximum Gasteiger partial charge on any atom is 0.220 e. The molecule has 0 heterocycles. The van der Waals surface area contributed by atoms with E-state index < -0.39 is 0 Å². The molecule has 0 aliphatic rings. The van der Waals surface area contributed by atoms with Crippen molar-refractivity contribution < 1.29 is 4.79 Å². The predicted octanol–water partition coefficient (Wildman–Crippen LogP) is 2.61. The highest BCUT2D eigenvalue weighted by molar-refractivity contribution is 7.80. The Balaban J connectivity index is 2.35. The molecule has 0 aromatic heterocycles. The van der Waals surface area contributed by atoms with E-state index in [-0.39, 0.29) is 16.6 Å². The summed E-state index contributed by atoms with van der Waals surface area (Å²) < 4.78 is 0. The summed E-state index contributed by atoms with van der Waals surface area (Å²) >= 11 is 4.74. The normalized spacial score (nSPS) is 10.4. The molecule has 0 saturated carbocycles. The summed E-state index contributed by atoms with van der Waals surface area (Å²) in [6.45, 7) is 0. The number of nitrogens with zero attached hydrogens (tertiary/aromatic N) is 1. The summed E-state index contributed by atoms with van der Waals surface area (Å²) in [5.74, 6) is 5.33. The fraction of sp³-hybridized carbons (Fsp3) is 0. The molecule has 3 nitrogen and oxygen atoms in total. The molecule has 4 heteroatoms. The van der Waals surface area contributed by atoms with E-state index in [9.17, 15) is 4.79 Å². The van der Waals surface area contributed by atoms with Gasteiger partial charge in [-0.05, 0) is 30.3 Å². The SMILES string of the molecule is NC(=S)N=C(C#Cc1ccccc1)C(=O)c1ccccc1. The molecule has 0 radical (unpaired) electrons. The first-order chi connectivity index (χ1) is 10.2. The van der Waals surface area contributed by atoms with Gasteiger partial charge in [-0.25, -0.2) is 4.99 Å². The van der Waals surface area contributed by atoms with Crippen molar-refractivity contribution in [3.8, 4) is 11.8 Å². The number of nitrogens with two attached hydrogens (primary N) is 1. The first-order valence-corrected chi connectivity index (χ1v) is 6.62. The third-order valence-electron chi connectivity index (χ3n) is 2.57. The number of Topliss-reactive ketones (excluding diaryl/α,β-unsaturated/α-hetero) is 1. The average molecular weight is 292 g/mol. The molecule has 0 fully saturated rings. The first kappa shape index (κ1) is 14.6. The van der Waals surface area contributed by atoms with Crippen molar-refractivity contribution in [1.82, 2.24) is 0 Å². The van der Waals surface area contributed by atoms with Gasteiger partial charge < -0.3 is 5.73 Å².